The lowest BCUT2D eigenvalue weighted by atomic mass is 10.0. The number of rotatable bonds is 6. The van der Waals surface area contributed by atoms with Crippen molar-refractivity contribution in [1.29, 1.82) is 0 Å². The fourth-order valence-electron chi connectivity index (χ4n) is 2.99. The van der Waals surface area contributed by atoms with E-state index in [2.05, 4.69) is 10.3 Å². The first-order valence-electron chi connectivity index (χ1n) is 8.78. The van der Waals surface area contributed by atoms with Crippen LogP contribution in [0.15, 0.2) is 18.3 Å². The quantitative estimate of drug-likeness (QED) is 0.876. The molecule has 1 aromatic heterocycles. The van der Waals surface area contributed by atoms with Crippen LogP contribution in [0, 0.1) is 5.92 Å². The van der Waals surface area contributed by atoms with Crippen molar-refractivity contribution < 1.29 is 9.53 Å². The van der Waals surface area contributed by atoms with E-state index in [4.69, 9.17) is 4.74 Å². The van der Waals surface area contributed by atoms with E-state index >= 15 is 0 Å². The molecule has 5 nitrogen and oxygen atoms in total. The van der Waals surface area contributed by atoms with Crippen LogP contribution in [0.25, 0.3) is 0 Å². The molecule has 2 aliphatic rings. The van der Waals surface area contributed by atoms with Crippen molar-refractivity contribution >= 4 is 5.91 Å². The van der Waals surface area contributed by atoms with Gasteiger partial charge in [0.1, 0.15) is 0 Å². The van der Waals surface area contributed by atoms with Crippen LogP contribution in [0.2, 0.25) is 0 Å². The van der Waals surface area contributed by atoms with Gasteiger partial charge in [-0.1, -0.05) is 0 Å². The van der Waals surface area contributed by atoms with Crippen LogP contribution < -0.4 is 10.1 Å². The molecule has 1 saturated carbocycles. The number of pyridine rings is 1. The summed E-state index contributed by atoms with van der Waals surface area (Å²) in [6.45, 7) is 6.64. The number of carbonyl (C=O) groups excluding carboxylic acids is 1. The molecule has 5 heteroatoms. The number of likely N-dealkylation sites (tertiary alicyclic amines) is 1. The average Bonchev–Trinajstić information content (AvgIpc) is 3.37. The fourth-order valence-corrected chi connectivity index (χ4v) is 2.99. The summed E-state index contributed by atoms with van der Waals surface area (Å²) in [6, 6.07) is 4.18. The molecular formula is C18H27N3O2. The SMILES string of the molecule is CC(C)Oc1cccnc1C(=O)N1CCC(NCC2CC2)CC1. The second-order valence-corrected chi connectivity index (χ2v) is 6.93. The van der Waals surface area contributed by atoms with E-state index in [9.17, 15) is 4.79 Å². The maximum atomic E-state index is 12.7. The highest BCUT2D eigenvalue weighted by Crippen LogP contribution is 2.28. The van der Waals surface area contributed by atoms with E-state index in [1.807, 2.05) is 30.9 Å². The highest BCUT2D eigenvalue weighted by Gasteiger charge is 2.28. The zero-order valence-electron chi connectivity index (χ0n) is 14.1. The summed E-state index contributed by atoms with van der Waals surface area (Å²) in [7, 11) is 0. The minimum absolute atomic E-state index is 0.0121. The summed E-state index contributed by atoms with van der Waals surface area (Å²) in [5.74, 6) is 1.47. The third-order valence-electron chi connectivity index (χ3n) is 4.51. The van der Waals surface area contributed by atoms with Gasteiger partial charge in [-0.05, 0) is 64.1 Å². The molecule has 2 fully saturated rings. The monoisotopic (exact) mass is 317 g/mol. The Balaban J connectivity index is 1.56. The Morgan fingerprint density at radius 2 is 2.09 bits per heavy atom. The first-order valence-corrected chi connectivity index (χ1v) is 8.78. The minimum atomic E-state index is -0.0121. The van der Waals surface area contributed by atoms with Crippen LogP contribution in [-0.2, 0) is 0 Å². The second-order valence-electron chi connectivity index (χ2n) is 6.93. The van der Waals surface area contributed by atoms with Crippen molar-refractivity contribution in [1.82, 2.24) is 15.2 Å². The molecule has 1 aliphatic heterocycles. The van der Waals surface area contributed by atoms with Crippen molar-refractivity contribution in [2.24, 2.45) is 5.92 Å². The number of ether oxygens (including phenoxy) is 1. The summed E-state index contributed by atoms with van der Waals surface area (Å²) in [6.07, 6.45) is 6.48. The van der Waals surface area contributed by atoms with E-state index in [1.165, 1.54) is 12.8 Å². The number of carbonyl (C=O) groups is 1. The lowest BCUT2D eigenvalue weighted by Gasteiger charge is -2.32. The van der Waals surface area contributed by atoms with Gasteiger partial charge in [-0.3, -0.25) is 4.79 Å². The van der Waals surface area contributed by atoms with Crippen LogP contribution in [0.1, 0.15) is 50.0 Å². The Morgan fingerprint density at radius 3 is 2.74 bits per heavy atom. The number of hydrogen-bond acceptors (Lipinski definition) is 4. The molecule has 1 aliphatic carbocycles. The standard InChI is InChI=1S/C18H27N3O2/c1-13(2)23-16-4-3-9-19-17(16)18(22)21-10-7-15(8-11-21)20-12-14-5-6-14/h3-4,9,13-15,20H,5-8,10-12H2,1-2H3. The number of nitrogens with one attached hydrogen (secondary N) is 1. The zero-order valence-corrected chi connectivity index (χ0v) is 14.1. The summed E-state index contributed by atoms with van der Waals surface area (Å²) >= 11 is 0. The molecule has 1 aromatic rings. The maximum Gasteiger partial charge on any atom is 0.276 e. The Kier molecular flexibility index (Phi) is 5.16. The third kappa shape index (κ3) is 4.44. The van der Waals surface area contributed by atoms with Crippen molar-refractivity contribution in [3.05, 3.63) is 24.0 Å². The molecule has 3 rings (SSSR count). The topological polar surface area (TPSA) is 54.5 Å². The highest BCUT2D eigenvalue weighted by molar-refractivity contribution is 5.95. The van der Waals surface area contributed by atoms with Gasteiger partial charge in [-0.25, -0.2) is 4.98 Å². The van der Waals surface area contributed by atoms with Gasteiger partial charge >= 0.3 is 0 Å². The van der Waals surface area contributed by atoms with Gasteiger partial charge in [-0.15, -0.1) is 0 Å². The van der Waals surface area contributed by atoms with Crippen LogP contribution >= 0.6 is 0 Å². The van der Waals surface area contributed by atoms with E-state index in [-0.39, 0.29) is 12.0 Å². The number of amides is 1. The molecule has 0 spiro atoms. The average molecular weight is 317 g/mol. The van der Waals surface area contributed by atoms with Gasteiger partial charge in [0.25, 0.3) is 5.91 Å². The van der Waals surface area contributed by atoms with Crippen LogP contribution in [0.5, 0.6) is 5.75 Å². The number of piperidine rings is 1. The fraction of sp³-hybridized carbons (Fsp3) is 0.667. The molecule has 126 valence electrons. The van der Waals surface area contributed by atoms with E-state index in [0.29, 0.717) is 17.5 Å². The van der Waals surface area contributed by atoms with Crippen molar-refractivity contribution in [2.45, 2.75) is 51.7 Å². The lowest BCUT2D eigenvalue weighted by Crippen LogP contribution is -2.45. The first kappa shape index (κ1) is 16.2. The molecule has 2 heterocycles. The minimum Gasteiger partial charge on any atom is -0.489 e. The molecule has 23 heavy (non-hydrogen) atoms. The second kappa shape index (κ2) is 7.30. The molecule has 1 amide bonds. The normalized spacial score (nSPS) is 19.2. The lowest BCUT2D eigenvalue weighted by molar-refractivity contribution is 0.0692. The predicted octanol–water partition coefficient (Wildman–Crippen LogP) is 2.47. The van der Waals surface area contributed by atoms with Gasteiger partial charge in [0.15, 0.2) is 11.4 Å². The van der Waals surface area contributed by atoms with Crippen molar-refractivity contribution in [2.75, 3.05) is 19.6 Å². The van der Waals surface area contributed by atoms with Gasteiger partial charge in [0.2, 0.25) is 0 Å². The Hall–Kier alpha value is -1.62. The predicted molar refractivity (Wildman–Crippen MR) is 89.7 cm³/mol. The maximum absolute atomic E-state index is 12.7. The van der Waals surface area contributed by atoms with Gasteiger partial charge < -0.3 is 15.0 Å². The summed E-state index contributed by atoms with van der Waals surface area (Å²) in [4.78, 5) is 18.9. The number of aromatic nitrogens is 1. The first-order chi connectivity index (χ1) is 11.1. The number of nitrogens with zero attached hydrogens (tertiary/aromatic N) is 2. The van der Waals surface area contributed by atoms with E-state index in [0.717, 1.165) is 38.4 Å². The third-order valence-corrected chi connectivity index (χ3v) is 4.51. The van der Waals surface area contributed by atoms with Gasteiger partial charge in [-0.2, -0.15) is 0 Å². The largest absolute Gasteiger partial charge is 0.489 e. The van der Waals surface area contributed by atoms with Crippen LogP contribution in [0.3, 0.4) is 0 Å². The van der Waals surface area contributed by atoms with Crippen LogP contribution in [0.4, 0.5) is 0 Å². The summed E-state index contributed by atoms with van der Waals surface area (Å²) in [5, 5.41) is 3.64. The van der Waals surface area contributed by atoms with E-state index < -0.39 is 0 Å². The molecule has 0 atom stereocenters. The van der Waals surface area contributed by atoms with Gasteiger partial charge in [0.05, 0.1) is 6.10 Å². The molecule has 1 saturated heterocycles. The van der Waals surface area contributed by atoms with Crippen molar-refractivity contribution in [3.63, 3.8) is 0 Å². The molecule has 0 radical (unpaired) electrons. The molecule has 0 unspecified atom stereocenters. The summed E-state index contributed by atoms with van der Waals surface area (Å²) < 4.78 is 5.73. The Morgan fingerprint density at radius 1 is 1.35 bits per heavy atom. The van der Waals surface area contributed by atoms with Gasteiger partial charge in [0, 0.05) is 25.3 Å². The molecule has 0 aromatic carbocycles. The molecule has 0 bridgehead atoms. The van der Waals surface area contributed by atoms with E-state index in [1.54, 1.807) is 6.20 Å². The van der Waals surface area contributed by atoms with Crippen LogP contribution in [-0.4, -0.2) is 47.6 Å². The zero-order chi connectivity index (χ0) is 16.2. The molecule has 1 N–H and O–H groups in total. The molecular weight excluding hydrogens is 290 g/mol. The number of hydrogen-bond donors (Lipinski definition) is 1. The Bertz CT molecular complexity index is 535. The highest BCUT2D eigenvalue weighted by atomic mass is 16.5. The van der Waals surface area contributed by atoms with Crippen molar-refractivity contribution in [3.8, 4) is 5.75 Å². The smallest absolute Gasteiger partial charge is 0.276 e. The Labute approximate surface area is 138 Å². The summed E-state index contributed by atoms with van der Waals surface area (Å²) in [5.41, 5.74) is 0.436.